The van der Waals surface area contributed by atoms with Gasteiger partial charge in [0, 0.05) is 13.8 Å². The fraction of sp³-hybridized carbons (Fsp3) is 0.769. The van der Waals surface area contributed by atoms with Crippen LogP contribution < -0.4 is 0 Å². The third kappa shape index (κ3) is 8.61. The molecule has 0 aliphatic rings. The molecule has 0 aromatic rings. The lowest BCUT2D eigenvalue weighted by Gasteiger charge is -2.16. The Bertz CT molecular complexity index is 261. The van der Waals surface area contributed by atoms with Crippen molar-refractivity contribution in [2.75, 3.05) is 0 Å². The zero-order valence-corrected chi connectivity index (χ0v) is 12.7. The Kier molecular flexibility index (Phi) is 4.98. The molecule has 15 heavy (non-hydrogen) atoms. The molecule has 0 saturated carbocycles. The van der Waals surface area contributed by atoms with E-state index in [4.69, 9.17) is 0 Å². The van der Waals surface area contributed by atoms with Gasteiger partial charge in [-0.3, -0.25) is 4.99 Å². The van der Waals surface area contributed by atoms with Crippen LogP contribution in [0.25, 0.3) is 0 Å². The lowest BCUT2D eigenvalue weighted by Crippen LogP contribution is -2.18. The summed E-state index contributed by atoms with van der Waals surface area (Å²) in [7, 11) is -0.956. The third-order valence-electron chi connectivity index (χ3n) is 2.09. The van der Waals surface area contributed by atoms with Crippen LogP contribution in [0.1, 0.15) is 34.6 Å². The van der Waals surface area contributed by atoms with Crippen LogP contribution in [-0.2, 0) is 0 Å². The van der Waals surface area contributed by atoms with E-state index in [1.54, 1.807) is 0 Å². The van der Waals surface area contributed by atoms with E-state index in [1.807, 2.05) is 0 Å². The Balaban J connectivity index is 4.59. The first kappa shape index (κ1) is 14.6. The topological polar surface area (TPSA) is 12.4 Å². The van der Waals surface area contributed by atoms with Gasteiger partial charge in [-0.25, -0.2) is 0 Å². The number of hydrogen-bond acceptors (Lipinski definition) is 1. The van der Waals surface area contributed by atoms with Gasteiger partial charge in [0.2, 0.25) is 0 Å². The largest absolute Gasteiger partial charge is 0.284 e. The second kappa shape index (κ2) is 5.11. The van der Waals surface area contributed by atoms with Crippen molar-refractivity contribution in [1.29, 1.82) is 0 Å². The molecule has 0 unspecified atom stereocenters. The number of aliphatic imine (C=N–C) groups is 1. The van der Waals surface area contributed by atoms with Gasteiger partial charge < -0.3 is 0 Å². The Morgan fingerprint density at radius 1 is 1.13 bits per heavy atom. The van der Waals surface area contributed by atoms with Crippen LogP contribution in [0.15, 0.2) is 16.6 Å². The minimum absolute atomic E-state index is 0.0400. The molecule has 0 aliphatic carbocycles. The summed E-state index contributed by atoms with van der Waals surface area (Å²) >= 11 is 0. The van der Waals surface area contributed by atoms with E-state index in [0.717, 1.165) is 0 Å². The van der Waals surface area contributed by atoms with Crippen molar-refractivity contribution in [3.63, 3.8) is 0 Å². The predicted octanol–water partition coefficient (Wildman–Crippen LogP) is 4.53. The van der Waals surface area contributed by atoms with Gasteiger partial charge in [-0.15, -0.1) is 0 Å². The average molecular weight is 225 g/mol. The van der Waals surface area contributed by atoms with E-state index >= 15 is 0 Å². The Labute approximate surface area is 96.7 Å². The van der Waals surface area contributed by atoms with Gasteiger partial charge in [0.05, 0.1) is 5.54 Å². The lowest BCUT2D eigenvalue weighted by atomic mass is 10.1. The second-order valence-electron chi connectivity index (χ2n) is 6.52. The van der Waals surface area contributed by atoms with E-state index < -0.39 is 8.07 Å². The number of rotatable bonds is 3. The normalized spacial score (nSPS) is 15.7. The molecule has 0 aromatic carbocycles. The van der Waals surface area contributed by atoms with Gasteiger partial charge >= 0.3 is 0 Å². The summed E-state index contributed by atoms with van der Waals surface area (Å²) in [6, 6.07) is 1.25. The number of hydrogen-bond donors (Lipinski definition) is 0. The maximum Gasteiger partial charge on any atom is 0.0527 e. The smallest absolute Gasteiger partial charge is 0.0527 e. The first-order chi connectivity index (χ1) is 6.51. The minimum atomic E-state index is -0.956. The summed E-state index contributed by atoms with van der Waals surface area (Å²) in [4.78, 5) is 4.67. The van der Waals surface area contributed by atoms with Gasteiger partial charge in [-0.1, -0.05) is 25.7 Å². The van der Waals surface area contributed by atoms with Crippen molar-refractivity contribution in [2.45, 2.75) is 65.8 Å². The molecule has 2 heteroatoms. The molecule has 0 heterocycles. The molecule has 1 nitrogen and oxygen atoms in total. The minimum Gasteiger partial charge on any atom is -0.284 e. The first-order valence-corrected chi connectivity index (χ1v) is 9.45. The fourth-order valence-electron chi connectivity index (χ4n) is 1.20. The van der Waals surface area contributed by atoms with E-state index in [-0.39, 0.29) is 5.54 Å². The van der Waals surface area contributed by atoms with Crippen molar-refractivity contribution < 1.29 is 0 Å². The van der Waals surface area contributed by atoms with Crippen LogP contribution in [0.5, 0.6) is 0 Å². The molecule has 88 valence electrons. The van der Waals surface area contributed by atoms with Crippen LogP contribution in [0.2, 0.25) is 25.7 Å². The van der Waals surface area contributed by atoms with Crippen LogP contribution in [0, 0.1) is 0 Å². The quantitative estimate of drug-likeness (QED) is 0.494. The molecule has 0 amide bonds. The van der Waals surface area contributed by atoms with Gasteiger partial charge in [0.25, 0.3) is 0 Å². The summed E-state index contributed by atoms with van der Waals surface area (Å²) in [6.07, 6.45) is 2.36. The van der Waals surface area contributed by atoms with E-state index in [1.165, 1.54) is 17.3 Å². The van der Waals surface area contributed by atoms with Crippen LogP contribution in [0.3, 0.4) is 0 Å². The summed E-state index contributed by atoms with van der Waals surface area (Å²) < 4.78 is 0. The zero-order valence-electron chi connectivity index (χ0n) is 11.7. The Morgan fingerprint density at radius 2 is 1.60 bits per heavy atom. The van der Waals surface area contributed by atoms with E-state index in [2.05, 4.69) is 65.3 Å². The van der Waals surface area contributed by atoms with Crippen molar-refractivity contribution in [1.82, 2.24) is 0 Å². The van der Waals surface area contributed by atoms with Crippen LogP contribution in [0.4, 0.5) is 0 Å². The third-order valence-corrected chi connectivity index (χ3v) is 3.52. The summed E-state index contributed by atoms with van der Waals surface area (Å²) in [5.74, 6) is 0. The van der Waals surface area contributed by atoms with Crippen molar-refractivity contribution >= 4 is 13.8 Å². The van der Waals surface area contributed by atoms with Crippen LogP contribution >= 0.6 is 0 Å². The van der Waals surface area contributed by atoms with Gasteiger partial charge in [0.15, 0.2) is 0 Å². The van der Waals surface area contributed by atoms with Gasteiger partial charge in [0.1, 0.15) is 0 Å². The maximum absolute atomic E-state index is 4.67. The predicted molar refractivity (Wildman–Crippen MR) is 74.8 cm³/mol. The standard InChI is InChI=1S/C13H27NSi/c1-11(9-10-15(6,7)8)12(2)14-13(3,4)5/h9H,10H2,1-8H3/b11-9+,14-12?. The molecular formula is C13H27NSi. The van der Waals surface area contributed by atoms with Crippen molar-refractivity contribution in [3.05, 3.63) is 11.6 Å². The molecular weight excluding hydrogens is 198 g/mol. The van der Waals surface area contributed by atoms with E-state index in [0.29, 0.717) is 0 Å². The molecule has 0 aliphatic heterocycles. The molecule has 0 saturated heterocycles. The zero-order chi connectivity index (χ0) is 12.3. The molecule has 0 atom stereocenters. The SMILES string of the molecule is CC(=NC(C)(C)C)/C(C)=C/C[Si](C)(C)C. The lowest BCUT2D eigenvalue weighted by molar-refractivity contribution is 0.583. The van der Waals surface area contributed by atoms with Gasteiger partial charge in [-0.2, -0.15) is 0 Å². The summed E-state index contributed by atoms with van der Waals surface area (Å²) in [5, 5.41) is 0. The van der Waals surface area contributed by atoms with Crippen molar-refractivity contribution in [3.8, 4) is 0 Å². The average Bonchev–Trinajstić information content (AvgIpc) is 1.95. The molecule has 0 aromatic heterocycles. The molecule has 0 rings (SSSR count). The Hall–Kier alpha value is -0.373. The van der Waals surface area contributed by atoms with Crippen LogP contribution in [-0.4, -0.2) is 19.3 Å². The summed E-state index contributed by atoms with van der Waals surface area (Å²) in [5.41, 5.74) is 2.56. The molecule has 0 fully saturated rings. The number of nitrogens with zero attached hydrogens (tertiary/aromatic N) is 1. The number of allylic oxidation sites excluding steroid dienone is 2. The molecule has 0 bridgehead atoms. The molecule has 0 N–H and O–H groups in total. The van der Waals surface area contributed by atoms with E-state index in [9.17, 15) is 0 Å². The maximum atomic E-state index is 4.67. The van der Waals surface area contributed by atoms with Crippen molar-refractivity contribution in [2.24, 2.45) is 4.99 Å². The molecule has 0 radical (unpaired) electrons. The Morgan fingerprint density at radius 3 is 1.93 bits per heavy atom. The highest BCUT2D eigenvalue weighted by atomic mass is 28.3. The molecule has 0 spiro atoms. The fourth-order valence-corrected chi connectivity index (χ4v) is 2.12. The highest BCUT2D eigenvalue weighted by Gasteiger charge is 2.12. The monoisotopic (exact) mass is 225 g/mol. The highest BCUT2D eigenvalue weighted by Crippen LogP contribution is 2.14. The first-order valence-electron chi connectivity index (χ1n) is 5.75. The summed E-state index contributed by atoms with van der Waals surface area (Å²) in [6.45, 7) is 17.9. The second-order valence-corrected chi connectivity index (χ2v) is 12.0. The van der Waals surface area contributed by atoms with Gasteiger partial charge in [-0.05, 0) is 46.2 Å². The highest BCUT2D eigenvalue weighted by molar-refractivity contribution is 6.76.